The van der Waals surface area contributed by atoms with Crippen LogP contribution in [0, 0.1) is 6.92 Å². The number of ether oxygens (including phenoxy) is 1. The fraction of sp³-hybridized carbons (Fsp3) is 0.217. The molecule has 148 valence electrons. The van der Waals surface area contributed by atoms with E-state index in [0.29, 0.717) is 41.5 Å². The van der Waals surface area contributed by atoms with E-state index in [-0.39, 0.29) is 17.0 Å². The Labute approximate surface area is 174 Å². The molecule has 29 heavy (non-hydrogen) atoms. The van der Waals surface area contributed by atoms with Crippen molar-refractivity contribution in [3.63, 3.8) is 0 Å². The number of carbonyl (C=O) groups excluding carboxylic acids is 1. The van der Waals surface area contributed by atoms with Crippen molar-refractivity contribution in [2.75, 3.05) is 13.7 Å². The van der Waals surface area contributed by atoms with Gasteiger partial charge >= 0.3 is 0 Å². The summed E-state index contributed by atoms with van der Waals surface area (Å²) in [6.07, 6.45) is 2.39. The van der Waals surface area contributed by atoms with Gasteiger partial charge in [-0.05, 0) is 54.3 Å². The largest absolute Gasteiger partial charge is 0.495 e. The van der Waals surface area contributed by atoms with E-state index in [0.717, 1.165) is 11.1 Å². The van der Waals surface area contributed by atoms with Gasteiger partial charge in [0.25, 0.3) is 11.5 Å². The third-order valence-corrected chi connectivity index (χ3v) is 5.72. The van der Waals surface area contributed by atoms with Crippen LogP contribution in [-0.2, 0) is 13.0 Å². The molecule has 1 aliphatic rings. The zero-order valence-electron chi connectivity index (χ0n) is 16.3. The fourth-order valence-electron chi connectivity index (χ4n) is 3.78. The number of hydrogen-bond acceptors (Lipinski definition) is 3. The standard InChI is InChI=1S/C23H21ClN2O3/c1-15-10-13-26(19-8-3-4-9-20(19)29-2)23(28)21(15)22(27)25-12-11-16-6-5-7-18(24)17(16)14-25/h3-10,13H,11-12,14H2,1-2H3. The predicted octanol–water partition coefficient (Wildman–Crippen LogP) is 4.01. The molecule has 1 amide bonds. The van der Waals surface area contributed by atoms with Crippen molar-refractivity contribution >= 4 is 17.5 Å². The Bertz CT molecular complexity index is 1150. The number of methoxy groups -OCH3 is 1. The summed E-state index contributed by atoms with van der Waals surface area (Å²) in [5.41, 5.74) is 3.17. The molecule has 0 saturated carbocycles. The molecule has 1 aromatic heterocycles. The van der Waals surface area contributed by atoms with Gasteiger partial charge in [0, 0.05) is 24.3 Å². The molecule has 1 aliphatic heterocycles. The molecule has 0 bridgehead atoms. The molecule has 6 heteroatoms. The van der Waals surface area contributed by atoms with E-state index in [1.165, 1.54) is 4.57 Å². The number of benzene rings is 2. The normalized spacial score (nSPS) is 13.1. The van der Waals surface area contributed by atoms with Crippen LogP contribution in [0.15, 0.2) is 59.5 Å². The van der Waals surface area contributed by atoms with Crippen LogP contribution in [0.2, 0.25) is 5.02 Å². The van der Waals surface area contributed by atoms with Gasteiger partial charge in [0.2, 0.25) is 0 Å². The smallest absolute Gasteiger partial charge is 0.268 e. The summed E-state index contributed by atoms with van der Waals surface area (Å²) in [6, 6.07) is 14.8. The van der Waals surface area contributed by atoms with E-state index < -0.39 is 0 Å². The Morgan fingerprint density at radius 1 is 1.10 bits per heavy atom. The molecular weight excluding hydrogens is 388 g/mol. The van der Waals surface area contributed by atoms with Crippen molar-refractivity contribution in [3.05, 3.63) is 92.4 Å². The van der Waals surface area contributed by atoms with Crippen LogP contribution in [0.4, 0.5) is 0 Å². The Hall–Kier alpha value is -3.05. The molecule has 0 fully saturated rings. The second kappa shape index (κ2) is 7.76. The van der Waals surface area contributed by atoms with Gasteiger partial charge in [-0.25, -0.2) is 0 Å². The maximum Gasteiger partial charge on any atom is 0.268 e. The maximum atomic E-state index is 13.3. The lowest BCUT2D eigenvalue weighted by Crippen LogP contribution is -2.40. The van der Waals surface area contributed by atoms with Crippen LogP contribution >= 0.6 is 11.6 Å². The molecule has 4 rings (SSSR count). The topological polar surface area (TPSA) is 51.5 Å². The molecule has 0 N–H and O–H groups in total. The predicted molar refractivity (Wildman–Crippen MR) is 113 cm³/mol. The number of amides is 1. The van der Waals surface area contributed by atoms with E-state index in [1.54, 1.807) is 43.3 Å². The minimum absolute atomic E-state index is 0.175. The van der Waals surface area contributed by atoms with Gasteiger partial charge in [0.1, 0.15) is 11.3 Å². The number of para-hydroxylation sites is 2. The third-order valence-electron chi connectivity index (χ3n) is 5.36. The summed E-state index contributed by atoms with van der Waals surface area (Å²) in [4.78, 5) is 28.3. The Balaban J connectivity index is 1.75. The molecule has 0 aliphatic carbocycles. The first-order valence-corrected chi connectivity index (χ1v) is 9.80. The van der Waals surface area contributed by atoms with E-state index >= 15 is 0 Å². The van der Waals surface area contributed by atoms with Crippen LogP contribution in [0.1, 0.15) is 27.0 Å². The summed E-state index contributed by atoms with van der Waals surface area (Å²) < 4.78 is 6.85. The average Bonchev–Trinajstić information content (AvgIpc) is 2.74. The quantitative estimate of drug-likeness (QED) is 0.658. The second-order valence-corrected chi connectivity index (χ2v) is 7.48. The first kappa shape index (κ1) is 19.3. The van der Waals surface area contributed by atoms with Gasteiger partial charge in [-0.15, -0.1) is 0 Å². The Morgan fingerprint density at radius 3 is 2.69 bits per heavy atom. The molecule has 0 spiro atoms. The number of halogens is 1. The third kappa shape index (κ3) is 3.42. The minimum atomic E-state index is -0.357. The zero-order valence-corrected chi connectivity index (χ0v) is 17.1. The molecule has 0 atom stereocenters. The minimum Gasteiger partial charge on any atom is -0.495 e. The number of carbonyl (C=O) groups is 1. The van der Waals surface area contributed by atoms with E-state index in [4.69, 9.17) is 16.3 Å². The summed E-state index contributed by atoms with van der Waals surface area (Å²) in [5.74, 6) is 0.290. The fourth-order valence-corrected chi connectivity index (χ4v) is 4.03. The first-order valence-electron chi connectivity index (χ1n) is 9.42. The summed E-state index contributed by atoms with van der Waals surface area (Å²) in [7, 11) is 1.55. The number of aromatic nitrogens is 1. The lowest BCUT2D eigenvalue weighted by molar-refractivity contribution is 0.0732. The van der Waals surface area contributed by atoms with Crippen LogP contribution in [0.5, 0.6) is 5.75 Å². The Kier molecular flexibility index (Phi) is 5.16. The van der Waals surface area contributed by atoms with Crippen molar-refractivity contribution in [1.29, 1.82) is 0 Å². The lowest BCUT2D eigenvalue weighted by Gasteiger charge is -2.30. The lowest BCUT2D eigenvalue weighted by atomic mass is 9.98. The number of fused-ring (bicyclic) bond motifs is 1. The van der Waals surface area contributed by atoms with Crippen molar-refractivity contribution in [3.8, 4) is 11.4 Å². The molecule has 3 aromatic rings. The maximum absolute atomic E-state index is 13.3. The molecular formula is C23H21ClN2O3. The van der Waals surface area contributed by atoms with Gasteiger partial charge in [0.05, 0.1) is 12.8 Å². The first-order chi connectivity index (χ1) is 14.0. The molecule has 0 radical (unpaired) electrons. The second-order valence-electron chi connectivity index (χ2n) is 7.07. The zero-order chi connectivity index (χ0) is 20.5. The number of nitrogens with zero attached hydrogens (tertiary/aromatic N) is 2. The van der Waals surface area contributed by atoms with Crippen LogP contribution < -0.4 is 10.3 Å². The number of pyridine rings is 1. The van der Waals surface area contributed by atoms with Gasteiger partial charge in [-0.2, -0.15) is 0 Å². The Morgan fingerprint density at radius 2 is 1.90 bits per heavy atom. The molecule has 0 unspecified atom stereocenters. The van der Waals surface area contributed by atoms with E-state index in [2.05, 4.69) is 0 Å². The van der Waals surface area contributed by atoms with Crippen molar-refractivity contribution in [1.82, 2.24) is 9.47 Å². The molecule has 5 nitrogen and oxygen atoms in total. The van der Waals surface area contributed by atoms with Crippen molar-refractivity contribution in [2.45, 2.75) is 19.9 Å². The van der Waals surface area contributed by atoms with Crippen LogP contribution in [0.3, 0.4) is 0 Å². The highest BCUT2D eigenvalue weighted by Gasteiger charge is 2.27. The average molecular weight is 409 g/mol. The molecule has 2 aromatic carbocycles. The highest BCUT2D eigenvalue weighted by Crippen LogP contribution is 2.27. The highest BCUT2D eigenvalue weighted by atomic mass is 35.5. The number of rotatable bonds is 3. The monoisotopic (exact) mass is 408 g/mol. The summed E-state index contributed by atoms with van der Waals surface area (Å²) in [5, 5.41) is 0.649. The SMILES string of the molecule is COc1ccccc1-n1ccc(C)c(C(=O)N2CCc3cccc(Cl)c3C2)c1=O. The van der Waals surface area contributed by atoms with Crippen molar-refractivity contribution in [2.24, 2.45) is 0 Å². The van der Waals surface area contributed by atoms with Gasteiger partial charge in [0.15, 0.2) is 0 Å². The summed E-state index contributed by atoms with van der Waals surface area (Å²) in [6.45, 7) is 2.73. The van der Waals surface area contributed by atoms with Crippen molar-refractivity contribution < 1.29 is 9.53 Å². The van der Waals surface area contributed by atoms with Crippen LogP contribution in [0.25, 0.3) is 5.69 Å². The van der Waals surface area contributed by atoms with E-state index in [1.807, 2.05) is 30.3 Å². The van der Waals surface area contributed by atoms with Crippen LogP contribution in [-0.4, -0.2) is 29.0 Å². The van der Waals surface area contributed by atoms with Gasteiger partial charge < -0.3 is 9.64 Å². The number of hydrogen-bond donors (Lipinski definition) is 0. The summed E-state index contributed by atoms with van der Waals surface area (Å²) >= 11 is 6.34. The van der Waals surface area contributed by atoms with Gasteiger partial charge in [-0.1, -0.05) is 35.9 Å². The number of aryl methyl sites for hydroxylation is 1. The van der Waals surface area contributed by atoms with Gasteiger partial charge in [-0.3, -0.25) is 14.2 Å². The molecule has 2 heterocycles. The molecule has 0 saturated heterocycles. The highest BCUT2D eigenvalue weighted by molar-refractivity contribution is 6.31. The van der Waals surface area contributed by atoms with E-state index in [9.17, 15) is 9.59 Å².